The highest BCUT2D eigenvalue weighted by Gasteiger charge is 2.52. The summed E-state index contributed by atoms with van der Waals surface area (Å²) in [5.74, 6) is 0.431. The van der Waals surface area contributed by atoms with Gasteiger partial charge in [-0.1, -0.05) is 6.42 Å². The Morgan fingerprint density at radius 2 is 1.88 bits per heavy atom. The molecular weight excluding hydrogens is 204 g/mol. The molecule has 0 aromatic heterocycles. The minimum absolute atomic E-state index is 0.553. The first-order valence-corrected chi connectivity index (χ1v) is 6.32. The second-order valence-electron chi connectivity index (χ2n) is 6.16. The Balaban J connectivity index is 2.13. The van der Waals surface area contributed by atoms with E-state index in [2.05, 4.69) is 0 Å². The number of carboxylic acids is 1. The fourth-order valence-corrected chi connectivity index (χ4v) is 3.03. The first-order chi connectivity index (χ1) is 7.37. The molecule has 0 radical (unpaired) electrons. The predicted molar refractivity (Wildman–Crippen MR) is 61.0 cm³/mol. The van der Waals surface area contributed by atoms with Gasteiger partial charge < -0.3 is 10.2 Å². The van der Waals surface area contributed by atoms with Crippen LogP contribution in [0.1, 0.15) is 52.4 Å². The van der Waals surface area contributed by atoms with Gasteiger partial charge >= 0.3 is 5.97 Å². The summed E-state index contributed by atoms with van der Waals surface area (Å²) in [7, 11) is 0. The predicted octanol–water partition coefficient (Wildman–Crippen LogP) is 2.43. The van der Waals surface area contributed by atoms with Crippen LogP contribution in [0, 0.1) is 17.3 Å². The van der Waals surface area contributed by atoms with Crippen LogP contribution in [0.15, 0.2) is 0 Å². The molecule has 0 bridgehead atoms. The van der Waals surface area contributed by atoms with Crippen LogP contribution in [-0.2, 0) is 4.79 Å². The highest BCUT2D eigenvalue weighted by Crippen LogP contribution is 2.51. The molecule has 16 heavy (non-hydrogen) atoms. The molecule has 3 nitrogen and oxygen atoms in total. The highest BCUT2D eigenvalue weighted by atomic mass is 16.4. The van der Waals surface area contributed by atoms with Crippen LogP contribution in [0.4, 0.5) is 0 Å². The third kappa shape index (κ3) is 1.86. The Hall–Kier alpha value is -0.570. The van der Waals surface area contributed by atoms with E-state index in [0.29, 0.717) is 18.8 Å². The van der Waals surface area contributed by atoms with Crippen molar-refractivity contribution in [2.45, 2.75) is 58.0 Å². The molecule has 2 rings (SSSR count). The van der Waals surface area contributed by atoms with Crippen molar-refractivity contribution < 1.29 is 15.0 Å². The number of aliphatic hydroxyl groups is 1. The van der Waals surface area contributed by atoms with Gasteiger partial charge in [0, 0.05) is 0 Å². The Morgan fingerprint density at radius 1 is 1.25 bits per heavy atom. The zero-order chi connectivity index (χ0) is 12.0. The normalized spacial score (nSPS) is 36.1. The molecule has 3 heteroatoms. The minimum atomic E-state index is -1.03. The summed E-state index contributed by atoms with van der Waals surface area (Å²) in [5.41, 5.74) is -2.04. The highest BCUT2D eigenvalue weighted by molar-refractivity contribution is 5.75. The Morgan fingerprint density at radius 3 is 2.38 bits per heavy atom. The second kappa shape index (κ2) is 3.73. The van der Waals surface area contributed by atoms with Gasteiger partial charge in [-0.3, -0.25) is 4.79 Å². The van der Waals surface area contributed by atoms with Gasteiger partial charge in [-0.15, -0.1) is 0 Å². The topological polar surface area (TPSA) is 57.5 Å². The van der Waals surface area contributed by atoms with Crippen molar-refractivity contribution >= 4 is 5.97 Å². The van der Waals surface area contributed by atoms with E-state index < -0.39 is 17.0 Å². The van der Waals surface area contributed by atoms with Gasteiger partial charge in [0.05, 0.1) is 11.0 Å². The van der Waals surface area contributed by atoms with Crippen molar-refractivity contribution in [3.8, 4) is 0 Å². The molecule has 92 valence electrons. The number of aliphatic carboxylic acids is 1. The molecule has 2 aliphatic rings. The monoisotopic (exact) mass is 226 g/mol. The molecule has 0 saturated heterocycles. The molecule has 0 heterocycles. The van der Waals surface area contributed by atoms with E-state index >= 15 is 0 Å². The van der Waals surface area contributed by atoms with Crippen LogP contribution < -0.4 is 0 Å². The van der Waals surface area contributed by atoms with Crippen LogP contribution in [0.2, 0.25) is 0 Å². The number of hydrogen-bond acceptors (Lipinski definition) is 2. The van der Waals surface area contributed by atoms with Gasteiger partial charge in [-0.25, -0.2) is 0 Å². The molecular formula is C13H22O3. The maximum Gasteiger partial charge on any atom is 0.312 e. The SMILES string of the molecule is CC(C)(C(=O)O)C1(O)CCCC(C2CC2)C1. The molecule has 2 aliphatic carbocycles. The molecule has 2 fully saturated rings. The summed E-state index contributed by atoms with van der Waals surface area (Å²) < 4.78 is 0. The van der Waals surface area contributed by atoms with Gasteiger partial charge in [-0.2, -0.15) is 0 Å². The van der Waals surface area contributed by atoms with E-state index in [0.717, 1.165) is 12.3 Å². The Kier molecular flexibility index (Phi) is 2.77. The van der Waals surface area contributed by atoms with Crippen molar-refractivity contribution in [3.63, 3.8) is 0 Å². The van der Waals surface area contributed by atoms with Crippen molar-refractivity contribution in [2.24, 2.45) is 17.3 Å². The van der Waals surface area contributed by atoms with Crippen molar-refractivity contribution in [3.05, 3.63) is 0 Å². The third-order valence-corrected chi connectivity index (χ3v) is 4.75. The summed E-state index contributed by atoms with van der Waals surface area (Å²) in [5, 5.41) is 19.9. The molecule has 0 amide bonds. The van der Waals surface area contributed by atoms with Crippen molar-refractivity contribution in [1.29, 1.82) is 0 Å². The van der Waals surface area contributed by atoms with Crippen LogP contribution in [0.25, 0.3) is 0 Å². The van der Waals surface area contributed by atoms with E-state index in [1.807, 2.05) is 0 Å². The van der Waals surface area contributed by atoms with Gasteiger partial charge in [-0.05, 0) is 57.8 Å². The number of hydrogen-bond donors (Lipinski definition) is 2. The maximum atomic E-state index is 11.3. The van der Waals surface area contributed by atoms with E-state index in [4.69, 9.17) is 0 Å². The van der Waals surface area contributed by atoms with Crippen molar-refractivity contribution in [1.82, 2.24) is 0 Å². The van der Waals surface area contributed by atoms with Crippen LogP contribution >= 0.6 is 0 Å². The molecule has 0 spiro atoms. The summed E-state index contributed by atoms with van der Waals surface area (Å²) in [6.07, 6.45) is 5.99. The first-order valence-electron chi connectivity index (χ1n) is 6.32. The number of carbonyl (C=O) groups is 1. The molecule has 2 N–H and O–H groups in total. The molecule has 2 unspecified atom stereocenters. The van der Waals surface area contributed by atoms with E-state index in [-0.39, 0.29) is 0 Å². The quantitative estimate of drug-likeness (QED) is 0.777. The average Bonchev–Trinajstić information content (AvgIpc) is 3.00. The minimum Gasteiger partial charge on any atom is -0.481 e. The molecule has 0 aromatic carbocycles. The Bertz CT molecular complexity index is 294. The van der Waals surface area contributed by atoms with E-state index in [9.17, 15) is 15.0 Å². The van der Waals surface area contributed by atoms with Crippen LogP contribution in [-0.4, -0.2) is 21.8 Å². The zero-order valence-corrected chi connectivity index (χ0v) is 10.2. The van der Waals surface area contributed by atoms with Crippen LogP contribution in [0.3, 0.4) is 0 Å². The fraction of sp³-hybridized carbons (Fsp3) is 0.923. The number of rotatable bonds is 3. The Labute approximate surface area is 96.9 Å². The summed E-state index contributed by atoms with van der Waals surface area (Å²) in [6.45, 7) is 3.31. The lowest BCUT2D eigenvalue weighted by Gasteiger charge is -2.45. The summed E-state index contributed by atoms with van der Waals surface area (Å²) in [6, 6.07) is 0. The lowest BCUT2D eigenvalue weighted by Crippen LogP contribution is -2.52. The number of carboxylic acid groups (broad SMARTS) is 1. The van der Waals surface area contributed by atoms with Gasteiger partial charge in [0.2, 0.25) is 0 Å². The van der Waals surface area contributed by atoms with Gasteiger partial charge in [0.1, 0.15) is 0 Å². The lowest BCUT2D eigenvalue weighted by atomic mass is 9.63. The standard InChI is InChI=1S/C13H22O3/c1-12(2,11(14)15)13(16)7-3-4-10(8-13)9-5-6-9/h9-10,16H,3-8H2,1-2H3,(H,14,15). The molecule has 0 aliphatic heterocycles. The van der Waals surface area contributed by atoms with Crippen LogP contribution in [0.5, 0.6) is 0 Å². The van der Waals surface area contributed by atoms with E-state index in [1.54, 1.807) is 13.8 Å². The largest absolute Gasteiger partial charge is 0.481 e. The molecule has 2 saturated carbocycles. The summed E-state index contributed by atoms with van der Waals surface area (Å²) in [4.78, 5) is 11.3. The lowest BCUT2D eigenvalue weighted by molar-refractivity contribution is -0.172. The smallest absolute Gasteiger partial charge is 0.312 e. The zero-order valence-electron chi connectivity index (χ0n) is 10.2. The fourth-order valence-electron chi connectivity index (χ4n) is 3.03. The van der Waals surface area contributed by atoms with Crippen molar-refractivity contribution in [2.75, 3.05) is 0 Å². The molecule has 0 aromatic rings. The second-order valence-corrected chi connectivity index (χ2v) is 6.16. The van der Waals surface area contributed by atoms with Gasteiger partial charge in [0.15, 0.2) is 0 Å². The van der Waals surface area contributed by atoms with E-state index in [1.165, 1.54) is 19.3 Å². The first kappa shape index (κ1) is 11.9. The van der Waals surface area contributed by atoms with Gasteiger partial charge in [0.25, 0.3) is 0 Å². The molecule has 2 atom stereocenters. The maximum absolute atomic E-state index is 11.3. The summed E-state index contributed by atoms with van der Waals surface area (Å²) >= 11 is 0. The average molecular weight is 226 g/mol. The third-order valence-electron chi connectivity index (χ3n) is 4.75.